The minimum atomic E-state index is -0.836. The van der Waals surface area contributed by atoms with Crippen molar-refractivity contribution in [2.24, 2.45) is 5.41 Å². The maximum absolute atomic E-state index is 13.3. The van der Waals surface area contributed by atoms with Gasteiger partial charge in [-0.05, 0) is 79.6 Å². The molecule has 1 fully saturated rings. The van der Waals surface area contributed by atoms with Gasteiger partial charge in [0.15, 0.2) is 0 Å². The highest BCUT2D eigenvalue weighted by atomic mass is 19.1. The summed E-state index contributed by atoms with van der Waals surface area (Å²) in [6.45, 7) is 2.15. The predicted octanol–water partition coefficient (Wildman–Crippen LogP) is 4.99. The van der Waals surface area contributed by atoms with Crippen molar-refractivity contribution in [2.75, 3.05) is 0 Å². The van der Waals surface area contributed by atoms with Crippen LogP contribution >= 0.6 is 0 Å². The van der Waals surface area contributed by atoms with E-state index in [0.29, 0.717) is 31.2 Å². The van der Waals surface area contributed by atoms with E-state index in [-0.39, 0.29) is 11.2 Å². The quantitative estimate of drug-likeness (QED) is 0.656. The zero-order valence-corrected chi connectivity index (χ0v) is 17.5. The van der Waals surface area contributed by atoms with Crippen LogP contribution in [0, 0.1) is 22.6 Å². The highest BCUT2D eigenvalue weighted by Gasteiger charge is 2.54. The first-order chi connectivity index (χ1) is 14.9. The average molecular weight is 413 g/mol. The number of hydrogen-bond acceptors (Lipinski definition) is 3. The zero-order valence-electron chi connectivity index (χ0n) is 17.5. The number of fused-ring (bicyclic) bond motifs is 2. The second-order valence-electron chi connectivity index (χ2n) is 8.92. The first-order valence-electron chi connectivity index (χ1n) is 10.7. The van der Waals surface area contributed by atoms with E-state index >= 15 is 0 Å². The molecule has 31 heavy (non-hydrogen) atoms. The van der Waals surface area contributed by atoms with Crippen molar-refractivity contribution in [3.05, 3.63) is 88.5 Å². The molecule has 1 heterocycles. The van der Waals surface area contributed by atoms with Crippen molar-refractivity contribution in [1.29, 1.82) is 5.26 Å². The van der Waals surface area contributed by atoms with Crippen molar-refractivity contribution in [1.82, 2.24) is 9.78 Å². The molecule has 1 aromatic heterocycles. The predicted molar refractivity (Wildman–Crippen MR) is 117 cm³/mol. The van der Waals surface area contributed by atoms with Crippen molar-refractivity contribution in [3.8, 4) is 11.8 Å². The maximum atomic E-state index is 13.3. The van der Waals surface area contributed by atoms with Gasteiger partial charge in [-0.1, -0.05) is 30.7 Å². The fraction of sp³-hybridized carbons (Fsp3) is 0.308. The van der Waals surface area contributed by atoms with E-state index < -0.39 is 5.60 Å². The minimum Gasteiger partial charge on any atom is -0.389 e. The molecule has 1 saturated carbocycles. The Hall–Kier alpha value is -3.23. The van der Waals surface area contributed by atoms with Gasteiger partial charge in [-0.2, -0.15) is 10.4 Å². The van der Waals surface area contributed by atoms with Gasteiger partial charge in [0.25, 0.3) is 0 Å². The molecule has 2 aliphatic rings. The average Bonchev–Trinajstić information content (AvgIpc) is 3.29. The van der Waals surface area contributed by atoms with Crippen LogP contribution in [0.1, 0.15) is 48.6 Å². The Bertz CT molecular complexity index is 1220. The van der Waals surface area contributed by atoms with Gasteiger partial charge in [0.05, 0.1) is 34.8 Å². The second-order valence-corrected chi connectivity index (χ2v) is 8.92. The standard InChI is InChI=1S/C26H24FN3O/c1-25-15-20-17-29-30(23-8-6-22(27)7-9-23)24(20)14-21(25)11-13-26(25,31)12-10-18-4-2-3-5-19(18)16-28/h2-9,14,17,31H,10-13,15H2,1H3/t25?,26-/m0/s1. The van der Waals surface area contributed by atoms with Crippen molar-refractivity contribution in [3.63, 3.8) is 0 Å². The number of nitrogens with zero attached hydrogens (tertiary/aromatic N) is 3. The molecule has 5 heteroatoms. The summed E-state index contributed by atoms with van der Waals surface area (Å²) in [5.41, 5.74) is 4.63. The van der Waals surface area contributed by atoms with Crippen molar-refractivity contribution < 1.29 is 9.50 Å². The molecule has 2 aliphatic carbocycles. The van der Waals surface area contributed by atoms with Gasteiger partial charge >= 0.3 is 0 Å². The number of halogens is 1. The number of nitriles is 1. The second kappa shape index (κ2) is 7.18. The molecule has 1 unspecified atom stereocenters. The number of aryl methyl sites for hydroxylation is 1. The van der Waals surface area contributed by atoms with E-state index in [2.05, 4.69) is 24.2 Å². The first kappa shape index (κ1) is 19.7. The summed E-state index contributed by atoms with van der Waals surface area (Å²) < 4.78 is 15.2. The summed E-state index contributed by atoms with van der Waals surface area (Å²) in [5, 5.41) is 25.7. The monoisotopic (exact) mass is 413 g/mol. The van der Waals surface area contributed by atoms with E-state index in [9.17, 15) is 14.8 Å². The summed E-state index contributed by atoms with van der Waals surface area (Å²) in [6.07, 6.45) is 7.56. The van der Waals surface area contributed by atoms with Crippen LogP contribution in [0.25, 0.3) is 11.8 Å². The maximum Gasteiger partial charge on any atom is 0.123 e. The molecule has 5 rings (SSSR count). The lowest BCUT2D eigenvalue weighted by atomic mass is 9.65. The molecular formula is C26H24FN3O. The normalized spacial score (nSPS) is 24.3. The Kier molecular flexibility index (Phi) is 4.56. The van der Waals surface area contributed by atoms with Crippen LogP contribution in [-0.4, -0.2) is 20.5 Å². The van der Waals surface area contributed by atoms with Gasteiger partial charge < -0.3 is 5.11 Å². The first-order valence-corrected chi connectivity index (χ1v) is 10.7. The Morgan fingerprint density at radius 3 is 2.74 bits per heavy atom. The summed E-state index contributed by atoms with van der Waals surface area (Å²) in [4.78, 5) is 0. The zero-order chi connectivity index (χ0) is 21.6. The topological polar surface area (TPSA) is 61.8 Å². The number of rotatable bonds is 4. The summed E-state index contributed by atoms with van der Waals surface area (Å²) in [6, 6.07) is 16.2. The number of aliphatic hydroxyl groups is 1. The molecule has 4 nitrogen and oxygen atoms in total. The van der Waals surface area contributed by atoms with Crippen LogP contribution in [0.15, 0.2) is 60.3 Å². The van der Waals surface area contributed by atoms with Crippen LogP contribution in [0.4, 0.5) is 4.39 Å². The summed E-state index contributed by atoms with van der Waals surface area (Å²) in [7, 11) is 0. The van der Waals surface area contributed by atoms with Gasteiger partial charge in [0.2, 0.25) is 0 Å². The molecule has 0 amide bonds. The highest BCUT2D eigenvalue weighted by molar-refractivity contribution is 5.62. The fourth-order valence-electron chi connectivity index (χ4n) is 5.31. The molecule has 0 saturated heterocycles. The Morgan fingerprint density at radius 2 is 1.97 bits per heavy atom. The number of aromatic nitrogens is 2. The number of benzene rings is 2. The smallest absolute Gasteiger partial charge is 0.123 e. The molecule has 1 N–H and O–H groups in total. The SMILES string of the molecule is CC12Cc3cnn(-c4ccc(F)cc4)c3C=C1CC[C@@]2(O)CCc1ccccc1C#N. The van der Waals surface area contributed by atoms with Crippen LogP contribution < -0.4 is 0 Å². The van der Waals surface area contributed by atoms with E-state index in [1.807, 2.05) is 35.1 Å². The lowest BCUT2D eigenvalue weighted by Crippen LogP contribution is -2.45. The van der Waals surface area contributed by atoms with E-state index in [4.69, 9.17) is 0 Å². The van der Waals surface area contributed by atoms with E-state index in [0.717, 1.165) is 28.9 Å². The van der Waals surface area contributed by atoms with Gasteiger partial charge in [-0.15, -0.1) is 0 Å². The lowest BCUT2D eigenvalue weighted by molar-refractivity contribution is -0.0461. The number of hydrogen-bond donors (Lipinski definition) is 1. The third kappa shape index (κ3) is 3.10. The van der Waals surface area contributed by atoms with Gasteiger partial charge in [0, 0.05) is 5.41 Å². The van der Waals surface area contributed by atoms with Crippen molar-refractivity contribution in [2.45, 2.75) is 44.6 Å². The minimum absolute atomic E-state index is 0.269. The molecule has 0 aliphatic heterocycles. The van der Waals surface area contributed by atoms with Crippen LogP contribution in [-0.2, 0) is 12.8 Å². The Balaban J connectivity index is 1.44. The molecular weight excluding hydrogens is 389 g/mol. The molecule has 0 bridgehead atoms. The van der Waals surface area contributed by atoms with Gasteiger partial charge in [0.1, 0.15) is 5.82 Å². The summed E-state index contributed by atoms with van der Waals surface area (Å²) in [5.74, 6) is -0.269. The summed E-state index contributed by atoms with van der Waals surface area (Å²) >= 11 is 0. The van der Waals surface area contributed by atoms with Crippen molar-refractivity contribution >= 4 is 6.08 Å². The van der Waals surface area contributed by atoms with Crippen LogP contribution in [0.3, 0.4) is 0 Å². The molecule has 0 spiro atoms. The Morgan fingerprint density at radius 1 is 1.19 bits per heavy atom. The van der Waals surface area contributed by atoms with Crippen LogP contribution in [0.5, 0.6) is 0 Å². The van der Waals surface area contributed by atoms with E-state index in [1.54, 1.807) is 12.1 Å². The fourth-order valence-corrected chi connectivity index (χ4v) is 5.31. The molecule has 2 aromatic carbocycles. The highest BCUT2D eigenvalue weighted by Crippen LogP contribution is 2.56. The molecule has 156 valence electrons. The largest absolute Gasteiger partial charge is 0.389 e. The molecule has 0 radical (unpaired) electrons. The van der Waals surface area contributed by atoms with E-state index in [1.165, 1.54) is 17.7 Å². The van der Waals surface area contributed by atoms with Gasteiger partial charge in [-0.25, -0.2) is 9.07 Å². The lowest BCUT2D eigenvalue weighted by Gasteiger charge is -2.42. The molecule has 3 aromatic rings. The van der Waals surface area contributed by atoms with Crippen LogP contribution in [0.2, 0.25) is 0 Å². The van der Waals surface area contributed by atoms with Gasteiger partial charge in [-0.3, -0.25) is 0 Å². The molecule has 2 atom stereocenters. The third-order valence-corrected chi connectivity index (χ3v) is 7.30. The Labute approximate surface area is 181 Å². The third-order valence-electron chi connectivity index (χ3n) is 7.30.